The number of imide groups is 1. The topological polar surface area (TPSA) is 75.7 Å². The van der Waals surface area contributed by atoms with Gasteiger partial charge >= 0.3 is 12.0 Å². The van der Waals surface area contributed by atoms with Gasteiger partial charge in [-0.3, -0.25) is 14.5 Å². The second-order valence-electron chi connectivity index (χ2n) is 5.43. The average molecular weight is 322 g/mol. The average Bonchev–Trinajstić information content (AvgIpc) is 2.72. The van der Waals surface area contributed by atoms with E-state index in [0.717, 1.165) is 4.90 Å². The van der Waals surface area contributed by atoms with Crippen LogP contribution in [0.1, 0.15) is 32.3 Å². The molecule has 124 valence electrons. The van der Waals surface area contributed by atoms with Gasteiger partial charge in [-0.15, -0.1) is 0 Å². The Morgan fingerprint density at radius 3 is 2.57 bits per heavy atom. The number of hydrogen-bond donors (Lipinski definition) is 1. The van der Waals surface area contributed by atoms with Crippen LogP contribution in [0.4, 0.5) is 9.18 Å². The first-order valence-corrected chi connectivity index (χ1v) is 7.44. The summed E-state index contributed by atoms with van der Waals surface area (Å²) >= 11 is 0. The second-order valence-corrected chi connectivity index (χ2v) is 5.43. The van der Waals surface area contributed by atoms with Gasteiger partial charge in [0.15, 0.2) is 0 Å². The molecule has 1 aromatic carbocycles. The van der Waals surface area contributed by atoms with Crippen molar-refractivity contribution in [2.24, 2.45) is 0 Å². The van der Waals surface area contributed by atoms with Crippen LogP contribution < -0.4 is 5.32 Å². The first-order chi connectivity index (χ1) is 10.9. The molecule has 7 heteroatoms. The van der Waals surface area contributed by atoms with E-state index in [1.807, 2.05) is 0 Å². The molecule has 1 aliphatic rings. The third-order valence-corrected chi connectivity index (χ3v) is 3.76. The lowest BCUT2D eigenvalue weighted by molar-refractivity contribution is -0.143. The van der Waals surface area contributed by atoms with Crippen molar-refractivity contribution in [1.82, 2.24) is 10.2 Å². The number of hydrogen-bond acceptors (Lipinski definition) is 4. The second kappa shape index (κ2) is 6.76. The maximum atomic E-state index is 13.0. The Morgan fingerprint density at radius 1 is 1.30 bits per heavy atom. The number of nitrogens with zero attached hydrogens (tertiary/aromatic N) is 1. The van der Waals surface area contributed by atoms with Gasteiger partial charge in [0, 0.05) is 13.0 Å². The Morgan fingerprint density at radius 2 is 1.96 bits per heavy atom. The summed E-state index contributed by atoms with van der Waals surface area (Å²) in [5, 5.41) is 2.63. The van der Waals surface area contributed by atoms with Gasteiger partial charge in [-0.25, -0.2) is 9.18 Å². The van der Waals surface area contributed by atoms with E-state index in [-0.39, 0.29) is 18.9 Å². The first-order valence-electron chi connectivity index (χ1n) is 7.44. The van der Waals surface area contributed by atoms with Gasteiger partial charge in [0.25, 0.3) is 5.91 Å². The van der Waals surface area contributed by atoms with Crippen molar-refractivity contribution >= 4 is 17.9 Å². The molecule has 1 atom stereocenters. The zero-order valence-electron chi connectivity index (χ0n) is 13.1. The maximum absolute atomic E-state index is 13.0. The monoisotopic (exact) mass is 322 g/mol. The zero-order chi connectivity index (χ0) is 17.0. The van der Waals surface area contributed by atoms with Crippen molar-refractivity contribution in [3.05, 3.63) is 35.6 Å². The molecule has 0 aliphatic carbocycles. The Kier molecular flexibility index (Phi) is 4.98. The van der Waals surface area contributed by atoms with Crippen LogP contribution in [0.3, 0.4) is 0 Å². The van der Waals surface area contributed by atoms with Crippen molar-refractivity contribution in [1.29, 1.82) is 0 Å². The van der Waals surface area contributed by atoms with Gasteiger partial charge in [-0.2, -0.15) is 0 Å². The minimum atomic E-state index is -1.23. The number of carbonyl (C=O) groups is 3. The van der Waals surface area contributed by atoms with Crippen LogP contribution in [0.2, 0.25) is 0 Å². The van der Waals surface area contributed by atoms with Crippen molar-refractivity contribution in [3.63, 3.8) is 0 Å². The Hall–Kier alpha value is -2.44. The molecule has 1 fully saturated rings. The van der Waals surface area contributed by atoms with Crippen LogP contribution in [0.5, 0.6) is 0 Å². The summed E-state index contributed by atoms with van der Waals surface area (Å²) in [5.41, 5.74) is -0.723. The summed E-state index contributed by atoms with van der Waals surface area (Å²) in [5.74, 6) is -1.20. The highest BCUT2D eigenvalue weighted by atomic mass is 19.1. The lowest BCUT2D eigenvalue weighted by atomic mass is 9.92. The minimum absolute atomic E-state index is 0.125. The Bertz CT molecular complexity index is 617. The molecule has 3 amide bonds. The molecule has 23 heavy (non-hydrogen) atoms. The molecule has 1 aromatic rings. The quantitative estimate of drug-likeness (QED) is 0.641. The van der Waals surface area contributed by atoms with E-state index in [1.165, 1.54) is 24.3 Å². The fourth-order valence-corrected chi connectivity index (χ4v) is 2.49. The van der Waals surface area contributed by atoms with Gasteiger partial charge in [0.05, 0.1) is 6.61 Å². The van der Waals surface area contributed by atoms with Crippen LogP contribution in [-0.4, -0.2) is 36.0 Å². The third kappa shape index (κ3) is 3.49. The van der Waals surface area contributed by atoms with E-state index in [0.29, 0.717) is 18.6 Å². The summed E-state index contributed by atoms with van der Waals surface area (Å²) in [4.78, 5) is 37.0. The van der Waals surface area contributed by atoms with Crippen molar-refractivity contribution in [2.45, 2.75) is 32.2 Å². The number of esters is 1. The number of nitrogens with one attached hydrogen (secondary N) is 1. The van der Waals surface area contributed by atoms with Crippen LogP contribution >= 0.6 is 0 Å². The van der Waals surface area contributed by atoms with Gasteiger partial charge in [-0.05, 0) is 38.0 Å². The molecular formula is C16H19FN2O4. The fourth-order valence-electron chi connectivity index (χ4n) is 2.49. The first kappa shape index (κ1) is 16.9. The van der Waals surface area contributed by atoms with E-state index in [2.05, 4.69) is 5.32 Å². The highest BCUT2D eigenvalue weighted by Crippen LogP contribution is 2.29. The molecule has 0 aromatic heterocycles. The molecule has 1 aliphatic heterocycles. The molecule has 1 N–H and O–H groups in total. The van der Waals surface area contributed by atoms with Crippen LogP contribution in [0, 0.1) is 5.82 Å². The standard InChI is InChI=1S/C16H19FN2O4/c1-3-23-13(20)5-4-10-19-14(21)16(2,18-15(19)22)11-6-8-12(17)9-7-11/h6-9H,3-5,10H2,1-2H3,(H,18,22). The molecule has 1 unspecified atom stereocenters. The summed E-state index contributed by atoms with van der Waals surface area (Å²) in [6, 6.07) is 4.89. The highest BCUT2D eigenvalue weighted by Gasteiger charge is 2.48. The Balaban J connectivity index is 2.04. The van der Waals surface area contributed by atoms with E-state index in [9.17, 15) is 18.8 Å². The number of urea groups is 1. The summed E-state index contributed by atoms with van der Waals surface area (Å²) in [7, 11) is 0. The normalized spacial score (nSPS) is 20.6. The molecule has 0 bridgehead atoms. The highest BCUT2D eigenvalue weighted by molar-refractivity contribution is 6.07. The van der Waals surface area contributed by atoms with E-state index in [1.54, 1.807) is 13.8 Å². The largest absolute Gasteiger partial charge is 0.466 e. The Labute approximate surface area is 133 Å². The lowest BCUT2D eigenvalue weighted by Crippen LogP contribution is -2.41. The molecule has 2 rings (SSSR count). The van der Waals surface area contributed by atoms with E-state index >= 15 is 0 Å². The molecular weight excluding hydrogens is 303 g/mol. The summed E-state index contributed by atoms with van der Waals surface area (Å²) in [6.45, 7) is 3.71. The maximum Gasteiger partial charge on any atom is 0.325 e. The number of carbonyl (C=O) groups excluding carboxylic acids is 3. The number of halogens is 1. The zero-order valence-corrected chi connectivity index (χ0v) is 13.1. The van der Waals surface area contributed by atoms with Gasteiger partial charge in [-0.1, -0.05) is 12.1 Å². The predicted octanol–water partition coefficient (Wildman–Crippen LogP) is 1.94. The molecule has 1 saturated heterocycles. The smallest absolute Gasteiger partial charge is 0.325 e. The van der Waals surface area contributed by atoms with Crippen molar-refractivity contribution in [2.75, 3.05) is 13.2 Å². The fraction of sp³-hybridized carbons (Fsp3) is 0.438. The molecule has 0 radical (unpaired) electrons. The van der Waals surface area contributed by atoms with Gasteiger partial charge < -0.3 is 10.1 Å². The number of benzene rings is 1. The van der Waals surface area contributed by atoms with E-state index in [4.69, 9.17) is 4.74 Å². The molecule has 1 heterocycles. The number of amides is 3. The molecule has 0 saturated carbocycles. The van der Waals surface area contributed by atoms with Crippen LogP contribution in [0.25, 0.3) is 0 Å². The summed E-state index contributed by atoms with van der Waals surface area (Å²) < 4.78 is 17.8. The van der Waals surface area contributed by atoms with Gasteiger partial charge in [0.1, 0.15) is 11.4 Å². The van der Waals surface area contributed by atoms with Crippen molar-refractivity contribution in [3.8, 4) is 0 Å². The summed E-state index contributed by atoms with van der Waals surface area (Å²) in [6.07, 6.45) is 0.468. The number of ether oxygens (including phenoxy) is 1. The van der Waals surface area contributed by atoms with Crippen LogP contribution in [-0.2, 0) is 19.9 Å². The molecule has 6 nitrogen and oxygen atoms in total. The third-order valence-electron chi connectivity index (χ3n) is 3.76. The van der Waals surface area contributed by atoms with Gasteiger partial charge in [0.2, 0.25) is 0 Å². The van der Waals surface area contributed by atoms with E-state index < -0.39 is 23.3 Å². The minimum Gasteiger partial charge on any atom is -0.466 e. The predicted molar refractivity (Wildman–Crippen MR) is 79.9 cm³/mol. The molecule has 0 spiro atoms. The SMILES string of the molecule is CCOC(=O)CCCN1C(=O)NC(C)(c2ccc(F)cc2)C1=O. The lowest BCUT2D eigenvalue weighted by Gasteiger charge is -2.22. The van der Waals surface area contributed by atoms with Crippen LogP contribution in [0.15, 0.2) is 24.3 Å². The van der Waals surface area contributed by atoms with Crippen molar-refractivity contribution < 1.29 is 23.5 Å². The number of rotatable bonds is 6.